The van der Waals surface area contributed by atoms with Gasteiger partial charge < -0.3 is 10.4 Å². The van der Waals surface area contributed by atoms with Crippen molar-refractivity contribution >= 4 is 0 Å². The monoisotopic (exact) mass is 225 g/mol. The molecular formula is C14H27NO. The maximum atomic E-state index is 9.96. The molecule has 2 nitrogen and oxygen atoms in total. The number of nitrogens with one attached hydrogen (secondary N) is 1. The highest BCUT2D eigenvalue weighted by Crippen LogP contribution is 2.22. The van der Waals surface area contributed by atoms with Crippen molar-refractivity contribution in [3.05, 3.63) is 0 Å². The zero-order chi connectivity index (χ0) is 11.2. The smallest absolute Gasteiger partial charge is 0.0693 e. The SMILES string of the molecule is O[C@@H]1CCCC[C@H]1NC1CCCCCCC1. The van der Waals surface area contributed by atoms with Crippen LogP contribution in [-0.2, 0) is 0 Å². The number of aliphatic hydroxyl groups excluding tert-OH is 1. The lowest BCUT2D eigenvalue weighted by Gasteiger charge is -2.33. The van der Waals surface area contributed by atoms with E-state index in [1.807, 2.05) is 0 Å². The Labute approximate surface area is 99.8 Å². The summed E-state index contributed by atoms with van der Waals surface area (Å²) in [5, 5.41) is 13.7. The van der Waals surface area contributed by atoms with Crippen molar-refractivity contribution in [1.29, 1.82) is 0 Å². The first kappa shape index (κ1) is 12.4. The maximum absolute atomic E-state index is 9.96. The highest BCUT2D eigenvalue weighted by molar-refractivity contribution is 4.84. The van der Waals surface area contributed by atoms with E-state index in [1.54, 1.807) is 0 Å². The van der Waals surface area contributed by atoms with Crippen molar-refractivity contribution < 1.29 is 5.11 Å². The Morgan fingerprint density at radius 1 is 0.688 bits per heavy atom. The largest absolute Gasteiger partial charge is 0.392 e. The minimum absolute atomic E-state index is 0.0841. The number of hydrogen-bond acceptors (Lipinski definition) is 2. The molecule has 0 amide bonds. The molecule has 2 aliphatic rings. The van der Waals surface area contributed by atoms with E-state index in [9.17, 15) is 5.11 Å². The van der Waals surface area contributed by atoms with E-state index in [0.29, 0.717) is 12.1 Å². The van der Waals surface area contributed by atoms with Crippen molar-refractivity contribution in [3.63, 3.8) is 0 Å². The Balaban J connectivity index is 1.77. The Morgan fingerprint density at radius 2 is 1.25 bits per heavy atom. The molecule has 16 heavy (non-hydrogen) atoms. The molecule has 0 aliphatic heterocycles. The van der Waals surface area contributed by atoms with Crippen molar-refractivity contribution in [3.8, 4) is 0 Å². The van der Waals surface area contributed by atoms with E-state index in [-0.39, 0.29) is 6.10 Å². The predicted molar refractivity (Wildman–Crippen MR) is 67.5 cm³/mol. The van der Waals surface area contributed by atoms with Gasteiger partial charge in [0.2, 0.25) is 0 Å². The van der Waals surface area contributed by atoms with E-state index >= 15 is 0 Å². The van der Waals surface area contributed by atoms with Gasteiger partial charge in [0.25, 0.3) is 0 Å². The lowest BCUT2D eigenvalue weighted by molar-refractivity contribution is 0.0825. The third-order valence-corrected chi connectivity index (χ3v) is 4.28. The molecule has 2 N–H and O–H groups in total. The van der Waals surface area contributed by atoms with E-state index in [1.165, 1.54) is 64.2 Å². The molecule has 2 atom stereocenters. The molecule has 0 saturated heterocycles. The van der Waals surface area contributed by atoms with Crippen LogP contribution >= 0.6 is 0 Å². The van der Waals surface area contributed by atoms with Gasteiger partial charge in [-0.05, 0) is 25.7 Å². The van der Waals surface area contributed by atoms with Gasteiger partial charge >= 0.3 is 0 Å². The first-order valence-corrected chi connectivity index (χ1v) is 7.30. The molecule has 2 aliphatic carbocycles. The van der Waals surface area contributed by atoms with Gasteiger partial charge in [0.1, 0.15) is 0 Å². The standard InChI is InChI=1S/C14H27NO/c16-14-11-7-6-10-13(14)15-12-8-4-2-1-3-5-9-12/h12-16H,1-11H2/t13-,14-/m1/s1. The normalized spacial score (nSPS) is 34.3. The minimum Gasteiger partial charge on any atom is -0.392 e. The summed E-state index contributed by atoms with van der Waals surface area (Å²) in [6, 6.07) is 1.07. The zero-order valence-corrected chi connectivity index (χ0v) is 10.5. The molecule has 0 aromatic carbocycles. The van der Waals surface area contributed by atoms with Gasteiger partial charge in [0.05, 0.1) is 6.10 Å². The van der Waals surface area contributed by atoms with Crippen molar-refractivity contribution in [2.75, 3.05) is 0 Å². The molecule has 0 unspecified atom stereocenters. The summed E-state index contributed by atoms with van der Waals surface area (Å²) in [7, 11) is 0. The number of aliphatic hydroxyl groups is 1. The number of hydrogen-bond donors (Lipinski definition) is 2. The Morgan fingerprint density at radius 3 is 1.94 bits per heavy atom. The topological polar surface area (TPSA) is 32.3 Å². The van der Waals surface area contributed by atoms with E-state index in [4.69, 9.17) is 0 Å². The molecule has 0 aromatic heterocycles. The summed E-state index contributed by atoms with van der Waals surface area (Å²) in [6.07, 6.45) is 14.2. The Bertz CT molecular complexity index is 187. The summed E-state index contributed by atoms with van der Waals surface area (Å²) in [4.78, 5) is 0. The van der Waals surface area contributed by atoms with Gasteiger partial charge in [-0.25, -0.2) is 0 Å². The van der Waals surface area contributed by atoms with E-state index in [2.05, 4.69) is 5.32 Å². The molecule has 2 saturated carbocycles. The van der Waals surface area contributed by atoms with Crippen LogP contribution in [0.3, 0.4) is 0 Å². The summed E-state index contributed by atoms with van der Waals surface area (Å²) in [5.41, 5.74) is 0. The van der Waals surface area contributed by atoms with Crippen LogP contribution in [0, 0.1) is 0 Å². The first-order valence-electron chi connectivity index (χ1n) is 7.30. The van der Waals surface area contributed by atoms with Gasteiger partial charge in [-0.3, -0.25) is 0 Å². The fourth-order valence-electron chi connectivity index (χ4n) is 3.23. The lowest BCUT2D eigenvalue weighted by Crippen LogP contribution is -2.47. The van der Waals surface area contributed by atoms with Crippen LogP contribution in [0.5, 0.6) is 0 Å². The maximum Gasteiger partial charge on any atom is 0.0693 e. The molecule has 0 spiro atoms. The van der Waals surface area contributed by atoms with E-state index < -0.39 is 0 Å². The fourth-order valence-corrected chi connectivity index (χ4v) is 3.23. The average Bonchev–Trinajstić information content (AvgIpc) is 2.24. The Kier molecular flexibility index (Phi) is 5.11. The highest BCUT2D eigenvalue weighted by atomic mass is 16.3. The predicted octanol–water partition coefficient (Wildman–Crippen LogP) is 2.99. The molecule has 2 fully saturated rings. The second-order valence-electron chi connectivity index (χ2n) is 5.67. The first-order chi connectivity index (χ1) is 7.86. The third kappa shape index (κ3) is 3.74. The van der Waals surface area contributed by atoms with Gasteiger partial charge in [-0.2, -0.15) is 0 Å². The average molecular weight is 225 g/mol. The van der Waals surface area contributed by atoms with Crippen LogP contribution in [0.15, 0.2) is 0 Å². The van der Waals surface area contributed by atoms with Crippen LogP contribution in [0.1, 0.15) is 70.6 Å². The van der Waals surface area contributed by atoms with Gasteiger partial charge in [0, 0.05) is 12.1 Å². The van der Waals surface area contributed by atoms with Crippen LogP contribution in [0.2, 0.25) is 0 Å². The van der Waals surface area contributed by atoms with Gasteiger partial charge in [-0.1, -0.05) is 44.9 Å². The highest BCUT2D eigenvalue weighted by Gasteiger charge is 2.25. The molecule has 2 rings (SSSR count). The second kappa shape index (κ2) is 6.61. The number of rotatable bonds is 2. The lowest BCUT2D eigenvalue weighted by atomic mass is 9.90. The fraction of sp³-hybridized carbons (Fsp3) is 1.00. The van der Waals surface area contributed by atoms with Crippen LogP contribution in [0.4, 0.5) is 0 Å². The minimum atomic E-state index is -0.0841. The summed E-state index contributed by atoms with van der Waals surface area (Å²) < 4.78 is 0. The molecule has 0 radical (unpaired) electrons. The molecular weight excluding hydrogens is 198 g/mol. The zero-order valence-electron chi connectivity index (χ0n) is 10.5. The van der Waals surface area contributed by atoms with Crippen molar-refractivity contribution in [2.45, 2.75) is 88.8 Å². The summed E-state index contributed by atoms with van der Waals surface area (Å²) in [6.45, 7) is 0. The van der Waals surface area contributed by atoms with E-state index in [0.717, 1.165) is 6.42 Å². The van der Waals surface area contributed by atoms with Gasteiger partial charge in [0.15, 0.2) is 0 Å². The molecule has 0 bridgehead atoms. The molecule has 0 aromatic rings. The van der Waals surface area contributed by atoms with Crippen molar-refractivity contribution in [2.24, 2.45) is 0 Å². The van der Waals surface area contributed by atoms with Gasteiger partial charge in [-0.15, -0.1) is 0 Å². The van der Waals surface area contributed by atoms with Crippen LogP contribution < -0.4 is 5.32 Å². The van der Waals surface area contributed by atoms with Crippen LogP contribution in [-0.4, -0.2) is 23.3 Å². The summed E-state index contributed by atoms with van der Waals surface area (Å²) >= 11 is 0. The summed E-state index contributed by atoms with van der Waals surface area (Å²) in [5.74, 6) is 0. The Hall–Kier alpha value is -0.0800. The quantitative estimate of drug-likeness (QED) is 0.757. The van der Waals surface area contributed by atoms with Crippen LogP contribution in [0.25, 0.3) is 0 Å². The molecule has 0 heterocycles. The van der Waals surface area contributed by atoms with Crippen molar-refractivity contribution in [1.82, 2.24) is 5.32 Å². The third-order valence-electron chi connectivity index (χ3n) is 4.28. The molecule has 2 heteroatoms. The second-order valence-corrected chi connectivity index (χ2v) is 5.67. The molecule has 94 valence electrons.